The fraction of sp³-hybridized carbons (Fsp3) is 0.111. The van der Waals surface area contributed by atoms with E-state index in [0.717, 1.165) is 0 Å². The molecule has 1 aliphatic heterocycles. The monoisotopic (exact) mass is 359 g/mol. The van der Waals surface area contributed by atoms with Crippen LogP contribution in [0.4, 0.5) is 36.1 Å². The number of nitrogens with zero attached hydrogens (tertiary/aromatic N) is 2. The first-order chi connectivity index (χ1) is 12.3. The Bertz CT molecular complexity index is 1070. The van der Waals surface area contributed by atoms with Gasteiger partial charge in [0, 0.05) is 12.3 Å². The molecule has 4 rings (SSSR count). The number of rotatable bonds is 0. The van der Waals surface area contributed by atoms with Gasteiger partial charge in [0.2, 0.25) is 5.91 Å². The number of amides is 1. The zero-order valence-corrected chi connectivity index (χ0v) is 13.5. The molecule has 2 aromatic carbocycles. The second-order valence-electron chi connectivity index (χ2n) is 5.85. The van der Waals surface area contributed by atoms with Gasteiger partial charge in [0.05, 0.1) is 16.9 Å². The summed E-state index contributed by atoms with van der Waals surface area (Å²) in [6.07, 6.45) is -5.07. The minimum atomic E-state index is -5.07. The van der Waals surface area contributed by atoms with Crippen molar-refractivity contribution >= 4 is 45.6 Å². The maximum Gasteiger partial charge on any atom is 0.472 e. The molecule has 3 aromatic rings. The van der Waals surface area contributed by atoms with Crippen molar-refractivity contribution in [2.24, 2.45) is 0 Å². The van der Waals surface area contributed by atoms with Gasteiger partial charge in [0.15, 0.2) is 0 Å². The summed E-state index contributed by atoms with van der Waals surface area (Å²) in [5.41, 5.74) is 0.818. The Kier molecular flexibility index (Phi) is 3.33. The number of hydrogen-bond acceptors (Lipinski definition) is 3. The lowest BCUT2D eigenvalue weighted by atomic mass is 10.1. The van der Waals surface area contributed by atoms with E-state index in [2.05, 4.69) is 5.32 Å². The zero-order chi connectivity index (χ0) is 18.6. The number of benzene rings is 2. The number of halogens is 3. The first-order valence-electron chi connectivity index (χ1n) is 7.72. The number of fused-ring (bicyclic) bond motifs is 4. The summed E-state index contributed by atoms with van der Waals surface area (Å²) in [5.74, 6) is -2.26. The van der Waals surface area contributed by atoms with Gasteiger partial charge in [-0.05, 0) is 18.2 Å². The first kappa shape index (κ1) is 16.2. The lowest BCUT2D eigenvalue weighted by Crippen LogP contribution is -2.39. The molecule has 26 heavy (non-hydrogen) atoms. The van der Waals surface area contributed by atoms with Crippen LogP contribution in [0.25, 0.3) is 10.9 Å². The Balaban J connectivity index is 2.11. The van der Waals surface area contributed by atoms with Gasteiger partial charge in [-0.2, -0.15) is 13.2 Å². The molecule has 132 valence electrons. The van der Waals surface area contributed by atoms with E-state index in [1.807, 2.05) is 0 Å². The third-order valence-corrected chi connectivity index (χ3v) is 4.23. The molecule has 1 amide bonds. The molecule has 0 fully saturated rings. The van der Waals surface area contributed by atoms with Crippen molar-refractivity contribution in [1.82, 2.24) is 4.57 Å². The molecular weight excluding hydrogens is 347 g/mol. The molecule has 1 N–H and O–H groups in total. The number of anilines is 4. The number of hydrogen-bond donors (Lipinski definition) is 1. The van der Waals surface area contributed by atoms with E-state index in [0.29, 0.717) is 21.5 Å². The minimum absolute atomic E-state index is 0.0109. The number of carbonyl (C=O) groups is 2. The molecule has 0 atom stereocenters. The van der Waals surface area contributed by atoms with Crippen molar-refractivity contribution in [2.45, 2.75) is 13.1 Å². The molecule has 0 unspecified atom stereocenters. The molecule has 8 heteroatoms. The molecule has 1 aromatic heterocycles. The molecule has 1 aliphatic rings. The molecule has 0 saturated carbocycles. The van der Waals surface area contributed by atoms with Crippen molar-refractivity contribution in [1.29, 1.82) is 0 Å². The molecule has 0 radical (unpaired) electrons. The third-order valence-electron chi connectivity index (χ3n) is 4.23. The average Bonchev–Trinajstić information content (AvgIpc) is 2.92. The molecular formula is C18H12F3N3O2. The fourth-order valence-corrected chi connectivity index (χ4v) is 3.25. The lowest BCUT2D eigenvalue weighted by Gasteiger charge is -2.31. The van der Waals surface area contributed by atoms with Gasteiger partial charge >= 0.3 is 12.1 Å². The number of nitrogens with one attached hydrogen (secondary N) is 1. The SMILES string of the molecule is CC(=O)n1c2c(c3ccccc31)N(C(=O)C(F)(F)F)c1ccccc1N2. The van der Waals surface area contributed by atoms with E-state index in [9.17, 15) is 22.8 Å². The highest BCUT2D eigenvalue weighted by Crippen LogP contribution is 2.50. The van der Waals surface area contributed by atoms with Gasteiger partial charge in [0.25, 0.3) is 0 Å². The van der Waals surface area contributed by atoms with Crippen LogP contribution in [0.3, 0.4) is 0 Å². The third kappa shape index (κ3) is 2.18. The molecule has 0 saturated heterocycles. The van der Waals surface area contributed by atoms with Crippen molar-refractivity contribution < 1.29 is 22.8 Å². The van der Waals surface area contributed by atoms with Gasteiger partial charge in [-0.3, -0.25) is 19.1 Å². The summed E-state index contributed by atoms with van der Waals surface area (Å²) in [5, 5.41) is 3.37. The Morgan fingerprint density at radius 3 is 2.35 bits per heavy atom. The second kappa shape index (κ2) is 5.35. The molecule has 0 aliphatic carbocycles. The van der Waals surface area contributed by atoms with Crippen LogP contribution >= 0.6 is 0 Å². The van der Waals surface area contributed by atoms with Gasteiger partial charge in [-0.15, -0.1) is 0 Å². The summed E-state index contributed by atoms with van der Waals surface area (Å²) in [6.45, 7) is 1.31. The second-order valence-corrected chi connectivity index (χ2v) is 5.85. The quantitative estimate of drug-likeness (QED) is 0.639. The van der Waals surface area contributed by atoms with Crippen molar-refractivity contribution in [3.8, 4) is 0 Å². The molecule has 0 spiro atoms. The summed E-state index contributed by atoms with van der Waals surface area (Å²) >= 11 is 0. The van der Waals surface area contributed by atoms with Crippen LogP contribution < -0.4 is 10.2 Å². The van der Waals surface area contributed by atoms with Crippen LogP contribution in [0.1, 0.15) is 11.7 Å². The summed E-state index contributed by atoms with van der Waals surface area (Å²) in [4.78, 5) is 25.0. The Morgan fingerprint density at radius 1 is 1.00 bits per heavy atom. The van der Waals surface area contributed by atoms with E-state index >= 15 is 0 Å². The highest BCUT2D eigenvalue weighted by molar-refractivity contribution is 6.20. The highest BCUT2D eigenvalue weighted by atomic mass is 19.4. The highest BCUT2D eigenvalue weighted by Gasteiger charge is 2.47. The van der Waals surface area contributed by atoms with Crippen LogP contribution in [0, 0.1) is 0 Å². The van der Waals surface area contributed by atoms with Crippen LogP contribution in [-0.2, 0) is 4.79 Å². The predicted octanol–water partition coefficient (Wildman–Crippen LogP) is 4.59. The van der Waals surface area contributed by atoms with Crippen LogP contribution in [0.2, 0.25) is 0 Å². The topological polar surface area (TPSA) is 54.3 Å². The number of carbonyl (C=O) groups excluding carboxylic acids is 2. The maximum atomic E-state index is 13.3. The Labute approximate surface area is 145 Å². The van der Waals surface area contributed by atoms with Gasteiger partial charge in [-0.1, -0.05) is 30.3 Å². The van der Waals surface area contributed by atoms with E-state index < -0.39 is 12.1 Å². The van der Waals surface area contributed by atoms with Crippen LogP contribution in [-0.4, -0.2) is 22.6 Å². The summed E-state index contributed by atoms with van der Waals surface area (Å²) in [7, 11) is 0. The zero-order valence-electron chi connectivity index (χ0n) is 13.5. The predicted molar refractivity (Wildman–Crippen MR) is 91.2 cm³/mol. The van der Waals surface area contributed by atoms with Gasteiger partial charge < -0.3 is 5.32 Å². The molecule has 2 heterocycles. The Hall–Kier alpha value is -3.29. The van der Waals surface area contributed by atoms with Gasteiger partial charge in [-0.25, -0.2) is 0 Å². The van der Waals surface area contributed by atoms with Crippen LogP contribution in [0.5, 0.6) is 0 Å². The summed E-state index contributed by atoms with van der Waals surface area (Å²) in [6, 6.07) is 12.7. The largest absolute Gasteiger partial charge is 0.472 e. The lowest BCUT2D eigenvalue weighted by molar-refractivity contribution is -0.169. The number of aromatic nitrogens is 1. The van der Waals surface area contributed by atoms with Crippen molar-refractivity contribution in [3.63, 3.8) is 0 Å². The standard InChI is InChI=1S/C18H12F3N3O2/c1-10(25)23-13-8-4-2-6-11(13)15-16(23)22-12-7-3-5-9-14(12)24(15)17(26)18(19,20)21/h2-9,22H,1H3. The molecule has 0 bridgehead atoms. The smallest absolute Gasteiger partial charge is 0.338 e. The minimum Gasteiger partial charge on any atom is -0.338 e. The van der Waals surface area contributed by atoms with Crippen molar-refractivity contribution in [2.75, 3.05) is 10.2 Å². The maximum absolute atomic E-state index is 13.3. The van der Waals surface area contributed by atoms with Gasteiger partial charge in [0.1, 0.15) is 11.5 Å². The normalized spacial score (nSPS) is 13.2. The fourth-order valence-electron chi connectivity index (χ4n) is 3.25. The van der Waals surface area contributed by atoms with E-state index in [1.165, 1.54) is 17.6 Å². The van der Waals surface area contributed by atoms with E-state index in [1.54, 1.807) is 42.5 Å². The van der Waals surface area contributed by atoms with Crippen molar-refractivity contribution in [3.05, 3.63) is 48.5 Å². The number of alkyl halides is 3. The average molecular weight is 359 g/mol. The number of para-hydroxylation sites is 3. The molecule has 5 nitrogen and oxygen atoms in total. The first-order valence-corrected chi connectivity index (χ1v) is 7.72. The van der Waals surface area contributed by atoms with Crippen LogP contribution in [0.15, 0.2) is 48.5 Å². The summed E-state index contributed by atoms with van der Waals surface area (Å²) < 4.78 is 41.2. The van der Waals surface area contributed by atoms with E-state index in [-0.39, 0.29) is 23.1 Å². The van der Waals surface area contributed by atoms with E-state index in [4.69, 9.17) is 0 Å². The Morgan fingerprint density at radius 2 is 1.65 bits per heavy atom.